The molecule has 0 aliphatic rings. The number of hydrogen-bond donors (Lipinski definition) is 0. The predicted molar refractivity (Wildman–Crippen MR) is 77.0 cm³/mol. The molecule has 18 heavy (non-hydrogen) atoms. The van der Waals surface area contributed by atoms with Crippen LogP contribution in [0, 0.1) is 0 Å². The van der Waals surface area contributed by atoms with Gasteiger partial charge in [0.1, 0.15) is 0 Å². The van der Waals surface area contributed by atoms with E-state index in [9.17, 15) is 0 Å². The third-order valence-corrected chi connectivity index (χ3v) is 3.35. The zero-order valence-electron chi connectivity index (χ0n) is 11.5. The van der Waals surface area contributed by atoms with Gasteiger partial charge in [-0.15, -0.1) is 11.6 Å². The lowest BCUT2D eigenvalue weighted by molar-refractivity contribution is 0.288. The van der Waals surface area contributed by atoms with Crippen molar-refractivity contribution in [3.63, 3.8) is 0 Å². The number of methoxy groups -OCH3 is 1. The summed E-state index contributed by atoms with van der Waals surface area (Å²) in [6, 6.07) is 6.05. The minimum atomic E-state index is 0.182. The fraction of sp³-hybridized carbons (Fsp3) is 0.600. The summed E-state index contributed by atoms with van der Waals surface area (Å²) in [5, 5.41) is 0.182. The molecule has 2 nitrogen and oxygen atoms in total. The molecule has 0 fully saturated rings. The predicted octanol–water partition coefficient (Wildman–Crippen LogP) is 4.43. The first-order chi connectivity index (χ1) is 8.71. The number of unbranched alkanes of at least 4 members (excludes halogenated alkanes) is 1. The van der Waals surface area contributed by atoms with E-state index in [1.165, 1.54) is 5.56 Å². The van der Waals surface area contributed by atoms with Gasteiger partial charge in [0, 0.05) is 5.38 Å². The summed E-state index contributed by atoms with van der Waals surface area (Å²) in [6.07, 6.45) is 4.02. The molecule has 0 amide bonds. The summed E-state index contributed by atoms with van der Waals surface area (Å²) in [4.78, 5) is 0. The Morgan fingerprint density at radius 1 is 1.22 bits per heavy atom. The summed E-state index contributed by atoms with van der Waals surface area (Å²) in [7, 11) is 1.66. The fourth-order valence-electron chi connectivity index (χ4n) is 1.69. The highest BCUT2D eigenvalue weighted by Gasteiger charge is 2.08. The van der Waals surface area contributed by atoms with E-state index in [1.807, 2.05) is 12.1 Å². The molecule has 0 heterocycles. The van der Waals surface area contributed by atoms with Gasteiger partial charge in [-0.25, -0.2) is 0 Å². The van der Waals surface area contributed by atoms with E-state index >= 15 is 0 Å². The molecule has 1 atom stereocenters. The lowest BCUT2D eigenvalue weighted by Gasteiger charge is -2.13. The molecule has 0 bridgehead atoms. The topological polar surface area (TPSA) is 18.5 Å². The Hall–Kier alpha value is -0.890. The average Bonchev–Trinajstić information content (AvgIpc) is 2.39. The van der Waals surface area contributed by atoms with Crippen molar-refractivity contribution in [2.45, 2.75) is 44.9 Å². The third-order valence-electron chi connectivity index (χ3n) is 2.88. The Morgan fingerprint density at radius 3 is 2.61 bits per heavy atom. The lowest BCUT2D eigenvalue weighted by Crippen LogP contribution is -2.03. The zero-order chi connectivity index (χ0) is 13.4. The SMILES string of the molecule is CCCCOc1cc(CC(Cl)CC)ccc1OC. The molecule has 1 unspecified atom stereocenters. The minimum absolute atomic E-state index is 0.182. The summed E-state index contributed by atoms with van der Waals surface area (Å²) in [5.41, 5.74) is 1.20. The minimum Gasteiger partial charge on any atom is -0.493 e. The second-order valence-electron chi connectivity index (χ2n) is 4.40. The largest absolute Gasteiger partial charge is 0.493 e. The molecule has 102 valence electrons. The molecule has 1 aromatic carbocycles. The van der Waals surface area contributed by atoms with E-state index < -0.39 is 0 Å². The maximum atomic E-state index is 6.18. The summed E-state index contributed by atoms with van der Waals surface area (Å²) in [5.74, 6) is 1.61. The molecule has 0 spiro atoms. The van der Waals surface area contributed by atoms with E-state index in [0.717, 1.165) is 43.8 Å². The first kappa shape index (κ1) is 15.2. The van der Waals surface area contributed by atoms with Crippen molar-refractivity contribution >= 4 is 11.6 Å². The second-order valence-corrected chi connectivity index (χ2v) is 5.01. The Kier molecular flexibility index (Phi) is 6.96. The molecule has 0 saturated carbocycles. The second kappa shape index (κ2) is 8.25. The average molecular weight is 271 g/mol. The zero-order valence-corrected chi connectivity index (χ0v) is 12.3. The maximum Gasteiger partial charge on any atom is 0.161 e. The van der Waals surface area contributed by atoms with Crippen LogP contribution < -0.4 is 9.47 Å². The Morgan fingerprint density at radius 2 is 2.00 bits per heavy atom. The number of hydrogen-bond acceptors (Lipinski definition) is 2. The summed E-state index contributed by atoms with van der Waals surface area (Å²) < 4.78 is 11.1. The van der Waals surface area contributed by atoms with Gasteiger partial charge in [-0.1, -0.05) is 26.3 Å². The number of alkyl halides is 1. The molecule has 0 aliphatic heterocycles. The molecule has 0 saturated heterocycles. The smallest absolute Gasteiger partial charge is 0.161 e. The van der Waals surface area contributed by atoms with Crippen LogP contribution >= 0.6 is 11.6 Å². The van der Waals surface area contributed by atoms with Crippen LogP contribution in [0.5, 0.6) is 11.5 Å². The van der Waals surface area contributed by atoms with Gasteiger partial charge in [0.15, 0.2) is 11.5 Å². The van der Waals surface area contributed by atoms with Crippen molar-refractivity contribution in [2.75, 3.05) is 13.7 Å². The van der Waals surface area contributed by atoms with E-state index in [2.05, 4.69) is 19.9 Å². The standard InChI is InChI=1S/C15H23ClO2/c1-4-6-9-18-15-11-12(10-13(16)5-2)7-8-14(15)17-3/h7-8,11,13H,4-6,9-10H2,1-3H3. The van der Waals surface area contributed by atoms with Crippen molar-refractivity contribution in [3.05, 3.63) is 23.8 Å². The van der Waals surface area contributed by atoms with Crippen LogP contribution in [0.25, 0.3) is 0 Å². The molecule has 1 rings (SSSR count). The molecule has 0 aromatic heterocycles. The van der Waals surface area contributed by atoms with E-state index in [-0.39, 0.29) is 5.38 Å². The fourth-order valence-corrected chi connectivity index (χ4v) is 1.87. The normalized spacial score (nSPS) is 12.2. The number of ether oxygens (including phenoxy) is 2. The van der Waals surface area contributed by atoms with Crippen molar-refractivity contribution in [1.29, 1.82) is 0 Å². The monoisotopic (exact) mass is 270 g/mol. The lowest BCUT2D eigenvalue weighted by atomic mass is 10.1. The van der Waals surface area contributed by atoms with Crippen LogP contribution in [0.4, 0.5) is 0 Å². The first-order valence-electron chi connectivity index (χ1n) is 6.65. The van der Waals surface area contributed by atoms with Crippen LogP contribution in [0.1, 0.15) is 38.7 Å². The molecule has 0 aliphatic carbocycles. The van der Waals surface area contributed by atoms with Gasteiger partial charge >= 0.3 is 0 Å². The summed E-state index contributed by atoms with van der Waals surface area (Å²) >= 11 is 6.18. The van der Waals surface area contributed by atoms with Gasteiger partial charge in [0.25, 0.3) is 0 Å². The van der Waals surface area contributed by atoms with Crippen LogP contribution in [-0.2, 0) is 6.42 Å². The van der Waals surface area contributed by atoms with Crippen molar-refractivity contribution in [2.24, 2.45) is 0 Å². The van der Waals surface area contributed by atoms with Crippen molar-refractivity contribution in [1.82, 2.24) is 0 Å². The first-order valence-corrected chi connectivity index (χ1v) is 7.08. The molecule has 0 N–H and O–H groups in total. The van der Waals surface area contributed by atoms with Gasteiger partial charge < -0.3 is 9.47 Å². The van der Waals surface area contributed by atoms with Crippen LogP contribution in [0.2, 0.25) is 0 Å². The van der Waals surface area contributed by atoms with Gasteiger partial charge in [0.2, 0.25) is 0 Å². The molecular weight excluding hydrogens is 248 g/mol. The maximum absolute atomic E-state index is 6.18. The van der Waals surface area contributed by atoms with E-state index in [1.54, 1.807) is 7.11 Å². The molecule has 1 aromatic rings. The highest BCUT2D eigenvalue weighted by Crippen LogP contribution is 2.29. The number of rotatable bonds is 8. The molecule has 0 radical (unpaired) electrons. The van der Waals surface area contributed by atoms with Gasteiger partial charge in [-0.2, -0.15) is 0 Å². The number of halogens is 1. The van der Waals surface area contributed by atoms with Gasteiger partial charge in [-0.05, 0) is 37.0 Å². The quantitative estimate of drug-likeness (QED) is 0.514. The van der Waals surface area contributed by atoms with Crippen molar-refractivity contribution < 1.29 is 9.47 Å². The summed E-state index contributed by atoms with van der Waals surface area (Å²) in [6.45, 7) is 4.98. The highest BCUT2D eigenvalue weighted by atomic mass is 35.5. The Labute approximate surface area is 115 Å². The van der Waals surface area contributed by atoms with Crippen LogP contribution in [0.3, 0.4) is 0 Å². The van der Waals surface area contributed by atoms with Crippen LogP contribution in [0.15, 0.2) is 18.2 Å². The van der Waals surface area contributed by atoms with E-state index in [4.69, 9.17) is 21.1 Å². The number of benzene rings is 1. The van der Waals surface area contributed by atoms with Crippen LogP contribution in [-0.4, -0.2) is 19.1 Å². The van der Waals surface area contributed by atoms with Gasteiger partial charge in [-0.3, -0.25) is 0 Å². The molecule has 3 heteroatoms. The third kappa shape index (κ3) is 4.77. The molecular formula is C15H23ClO2. The Bertz CT molecular complexity index is 352. The van der Waals surface area contributed by atoms with Crippen molar-refractivity contribution in [3.8, 4) is 11.5 Å². The van der Waals surface area contributed by atoms with Gasteiger partial charge in [0.05, 0.1) is 13.7 Å². The Balaban J connectivity index is 2.74. The highest BCUT2D eigenvalue weighted by molar-refractivity contribution is 6.20. The van der Waals surface area contributed by atoms with E-state index in [0.29, 0.717) is 0 Å².